The zero-order valence-corrected chi connectivity index (χ0v) is 22.5. The van der Waals surface area contributed by atoms with E-state index in [1.54, 1.807) is 18.2 Å². The minimum absolute atomic E-state index is 0.0725. The molecule has 1 unspecified atom stereocenters. The van der Waals surface area contributed by atoms with Crippen molar-refractivity contribution in [2.75, 3.05) is 32.1 Å². The highest BCUT2D eigenvalue weighted by Gasteiger charge is 2.31. The number of nitriles is 1. The molecule has 1 aliphatic carbocycles. The molecule has 12 heteroatoms. The van der Waals surface area contributed by atoms with Crippen LogP contribution in [0.1, 0.15) is 43.0 Å². The third-order valence-electron chi connectivity index (χ3n) is 6.65. The van der Waals surface area contributed by atoms with Crippen molar-refractivity contribution in [2.24, 2.45) is 0 Å². The van der Waals surface area contributed by atoms with Gasteiger partial charge in [0.15, 0.2) is 0 Å². The average molecular weight is 552 g/mol. The van der Waals surface area contributed by atoms with Gasteiger partial charge in [-0.3, -0.25) is 4.79 Å². The lowest BCUT2D eigenvalue weighted by molar-refractivity contribution is -0.132. The zero-order chi connectivity index (χ0) is 27.6. The number of rotatable bonds is 8. The van der Waals surface area contributed by atoms with Crippen LogP contribution in [0.25, 0.3) is 22.8 Å². The predicted molar refractivity (Wildman–Crippen MR) is 141 cm³/mol. The van der Waals surface area contributed by atoms with Crippen LogP contribution >= 0.6 is 0 Å². The lowest BCUT2D eigenvalue weighted by Crippen LogP contribution is -2.45. The summed E-state index contributed by atoms with van der Waals surface area (Å²) in [6, 6.07) is 12.4. The van der Waals surface area contributed by atoms with Crippen molar-refractivity contribution in [3.05, 3.63) is 53.1 Å². The molecule has 1 fully saturated rings. The van der Waals surface area contributed by atoms with Crippen LogP contribution in [0.3, 0.4) is 0 Å². The molecule has 1 N–H and O–H groups in total. The molecule has 1 atom stereocenters. The van der Waals surface area contributed by atoms with Crippen LogP contribution in [-0.4, -0.2) is 67.5 Å². The third kappa shape index (κ3) is 5.95. The minimum atomic E-state index is -3.85. The molecule has 2 aliphatic rings. The second-order valence-corrected chi connectivity index (χ2v) is 11.5. The molecular formula is C27H29N5O6S. The summed E-state index contributed by atoms with van der Waals surface area (Å²) in [4.78, 5) is 18.6. The van der Waals surface area contributed by atoms with E-state index in [0.717, 1.165) is 16.7 Å². The van der Waals surface area contributed by atoms with Crippen molar-refractivity contribution in [3.8, 4) is 34.7 Å². The molecule has 0 radical (unpaired) electrons. The maximum atomic E-state index is 12.8. The van der Waals surface area contributed by atoms with Crippen molar-refractivity contribution in [1.82, 2.24) is 19.8 Å². The van der Waals surface area contributed by atoms with Crippen LogP contribution in [0.15, 0.2) is 40.9 Å². The summed E-state index contributed by atoms with van der Waals surface area (Å²) < 4.78 is 44.8. The number of amides is 1. The van der Waals surface area contributed by atoms with Crippen molar-refractivity contribution >= 4 is 15.9 Å². The Bertz CT molecular complexity index is 1520. The topological polar surface area (TPSA) is 148 Å². The average Bonchev–Trinajstić information content (AvgIpc) is 3.56. The van der Waals surface area contributed by atoms with Crippen LogP contribution in [0, 0.1) is 11.3 Å². The highest BCUT2D eigenvalue weighted by Crippen LogP contribution is 2.38. The van der Waals surface area contributed by atoms with Crippen LogP contribution in [0.4, 0.5) is 0 Å². The normalized spacial score (nSPS) is 17.2. The molecule has 3 aromatic rings. The van der Waals surface area contributed by atoms with Crippen molar-refractivity contribution in [1.29, 1.82) is 5.26 Å². The Morgan fingerprint density at radius 1 is 1.26 bits per heavy atom. The minimum Gasteiger partial charge on any atom is -0.490 e. The number of nitrogens with zero attached hydrogens (tertiary/aromatic N) is 4. The molecule has 2 heterocycles. The number of sulfonamides is 1. The molecule has 39 heavy (non-hydrogen) atoms. The van der Waals surface area contributed by atoms with E-state index in [9.17, 15) is 18.5 Å². The first-order valence-corrected chi connectivity index (χ1v) is 14.4. The van der Waals surface area contributed by atoms with Gasteiger partial charge in [0.25, 0.3) is 5.89 Å². The van der Waals surface area contributed by atoms with Crippen molar-refractivity contribution in [3.63, 3.8) is 0 Å². The molecular weight excluding hydrogens is 522 g/mol. The molecule has 1 aliphatic heterocycles. The van der Waals surface area contributed by atoms with Gasteiger partial charge in [-0.05, 0) is 56.0 Å². The van der Waals surface area contributed by atoms with Crippen molar-refractivity contribution < 1.29 is 27.2 Å². The molecule has 5 rings (SSSR count). The standard InChI is InChI=1S/C27H29N5O6S/c1-17(2)37-24-9-6-18(14-19(24)15-28)27-29-26(30-38-27)22-5-3-4-21-20(22)7-8-23(21)31-39(34,35)16-25(33)32-10-12-36-13-11-32/h3-6,9,14,17,23,31H,7-8,10-13,16H2,1-2H3. The summed E-state index contributed by atoms with van der Waals surface area (Å²) in [6.07, 6.45) is 1.08. The van der Waals surface area contributed by atoms with Crippen LogP contribution in [0.5, 0.6) is 5.75 Å². The highest BCUT2D eigenvalue weighted by atomic mass is 32.2. The third-order valence-corrected chi connectivity index (χ3v) is 7.92. The summed E-state index contributed by atoms with van der Waals surface area (Å²) in [6.45, 7) is 5.38. The lowest BCUT2D eigenvalue weighted by atomic mass is 10.0. The summed E-state index contributed by atoms with van der Waals surface area (Å²) in [5.41, 5.74) is 3.45. The van der Waals surface area contributed by atoms with Crippen LogP contribution in [-0.2, 0) is 26.0 Å². The van der Waals surface area contributed by atoms with E-state index in [1.807, 2.05) is 32.0 Å². The Balaban J connectivity index is 1.33. The van der Waals surface area contributed by atoms with E-state index in [0.29, 0.717) is 61.8 Å². The summed E-state index contributed by atoms with van der Waals surface area (Å²) in [5, 5.41) is 13.7. The lowest BCUT2D eigenvalue weighted by Gasteiger charge is -2.27. The zero-order valence-electron chi connectivity index (χ0n) is 21.7. The first-order chi connectivity index (χ1) is 18.7. The second kappa shape index (κ2) is 11.1. The quantitative estimate of drug-likeness (QED) is 0.446. The van der Waals surface area contributed by atoms with Gasteiger partial charge in [-0.1, -0.05) is 23.4 Å². The Hall–Kier alpha value is -3.79. The molecule has 204 valence electrons. The number of aromatic nitrogens is 2. The number of nitrogens with one attached hydrogen (secondary N) is 1. The van der Waals surface area contributed by atoms with E-state index in [-0.39, 0.29) is 12.0 Å². The molecule has 0 bridgehead atoms. The number of benzene rings is 2. The van der Waals surface area contributed by atoms with Crippen LogP contribution < -0.4 is 9.46 Å². The van der Waals surface area contributed by atoms with Gasteiger partial charge in [0.2, 0.25) is 21.8 Å². The van der Waals surface area contributed by atoms with Gasteiger partial charge in [0, 0.05) is 30.3 Å². The number of hydrogen-bond donors (Lipinski definition) is 1. The van der Waals surface area contributed by atoms with Gasteiger partial charge in [0.1, 0.15) is 17.6 Å². The fraction of sp³-hybridized carbons (Fsp3) is 0.407. The smallest absolute Gasteiger partial charge is 0.258 e. The number of fused-ring (bicyclic) bond motifs is 1. The maximum absolute atomic E-state index is 12.8. The molecule has 0 saturated carbocycles. The van der Waals surface area contributed by atoms with Gasteiger partial charge in [0.05, 0.1) is 24.9 Å². The molecule has 1 aromatic heterocycles. The number of carbonyl (C=O) groups excluding carboxylic acids is 1. The molecule has 0 spiro atoms. The van der Waals surface area contributed by atoms with E-state index in [1.165, 1.54) is 4.90 Å². The van der Waals surface area contributed by atoms with E-state index in [4.69, 9.17) is 14.0 Å². The second-order valence-electron chi connectivity index (χ2n) is 9.75. The first kappa shape index (κ1) is 26.8. The number of carbonyl (C=O) groups is 1. The Morgan fingerprint density at radius 3 is 2.79 bits per heavy atom. The van der Waals surface area contributed by atoms with Gasteiger partial charge < -0.3 is 18.9 Å². The first-order valence-electron chi connectivity index (χ1n) is 12.8. The van der Waals surface area contributed by atoms with E-state index < -0.39 is 27.7 Å². The summed E-state index contributed by atoms with van der Waals surface area (Å²) in [5.74, 6) is 0.0803. The summed E-state index contributed by atoms with van der Waals surface area (Å²) >= 11 is 0. The van der Waals surface area contributed by atoms with E-state index >= 15 is 0 Å². The Kier molecular flexibility index (Phi) is 7.65. The Morgan fingerprint density at radius 2 is 2.05 bits per heavy atom. The van der Waals surface area contributed by atoms with Gasteiger partial charge in [-0.25, -0.2) is 13.1 Å². The van der Waals surface area contributed by atoms with Gasteiger partial charge >= 0.3 is 0 Å². The monoisotopic (exact) mass is 551 g/mol. The summed E-state index contributed by atoms with van der Waals surface area (Å²) in [7, 11) is -3.85. The number of morpholine rings is 1. The van der Waals surface area contributed by atoms with Gasteiger partial charge in [-0.2, -0.15) is 10.2 Å². The van der Waals surface area contributed by atoms with Crippen LogP contribution in [0.2, 0.25) is 0 Å². The highest BCUT2D eigenvalue weighted by molar-refractivity contribution is 7.90. The largest absolute Gasteiger partial charge is 0.490 e. The molecule has 2 aromatic carbocycles. The predicted octanol–water partition coefficient (Wildman–Crippen LogP) is 2.83. The number of ether oxygens (including phenoxy) is 2. The number of hydrogen-bond acceptors (Lipinski definition) is 9. The maximum Gasteiger partial charge on any atom is 0.258 e. The molecule has 1 amide bonds. The Labute approximate surface area is 226 Å². The van der Waals surface area contributed by atoms with E-state index in [2.05, 4.69) is 20.9 Å². The van der Waals surface area contributed by atoms with Crippen molar-refractivity contribution in [2.45, 2.75) is 38.8 Å². The van der Waals surface area contributed by atoms with Gasteiger partial charge in [-0.15, -0.1) is 0 Å². The fourth-order valence-electron chi connectivity index (χ4n) is 4.87. The molecule has 11 nitrogen and oxygen atoms in total. The molecule has 1 saturated heterocycles. The fourth-order valence-corrected chi connectivity index (χ4v) is 6.14. The SMILES string of the molecule is CC(C)Oc1ccc(-c2nc(-c3cccc4c3CCC4NS(=O)(=O)CC(=O)N3CCOCC3)no2)cc1C#N.